The fourth-order valence-electron chi connectivity index (χ4n) is 8.24. The summed E-state index contributed by atoms with van der Waals surface area (Å²) in [7, 11) is 0. The zero-order valence-corrected chi connectivity index (χ0v) is 29.6. The van der Waals surface area contributed by atoms with Crippen LogP contribution in [-0.4, -0.2) is 4.57 Å². The summed E-state index contributed by atoms with van der Waals surface area (Å²) in [6, 6.07) is 71.1. The van der Waals surface area contributed by atoms with E-state index in [1.54, 1.807) is 0 Å². The lowest BCUT2D eigenvalue weighted by molar-refractivity contribution is 1.18. The lowest BCUT2D eigenvalue weighted by atomic mass is 10.00. The van der Waals surface area contributed by atoms with Crippen molar-refractivity contribution in [3.8, 4) is 16.8 Å². The molecular weight excluding hydrogens is 661 g/mol. The molecule has 0 radical (unpaired) electrons. The summed E-state index contributed by atoms with van der Waals surface area (Å²) >= 11 is 1.88. The Morgan fingerprint density at radius 2 is 1.08 bits per heavy atom. The second kappa shape index (κ2) is 11.9. The number of rotatable bonds is 5. The largest absolute Gasteiger partial charge is 0.310 e. The SMILES string of the molecule is c1ccc(-c2ccc3ccc(N(c4ccc5c6ccccc6n(-c6ccccc6)c5c4)c4cccc5sc6cc7ccccc7cc6c45)cc3c2)cc1. The van der Waals surface area contributed by atoms with Crippen LogP contribution in [0.1, 0.15) is 0 Å². The highest BCUT2D eigenvalue weighted by atomic mass is 32.1. The van der Waals surface area contributed by atoms with Gasteiger partial charge in [-0.1, -0.05) is 121 Å². The van der Waals surface area contributed by atoms with E-state index >= 15 is 0 Å². The molecule has 2 heterocycles. The fourth-order valence-corrected chi connectivity index (χ4v) is 9.40. The van der Waals surface area contributed by atoms with Crippen LogP contribution in [0.3, 0.4) is 0 Å². The van der Waals surface area contributed by atoms with Gasteiger partial charge in [0, 0.05) is 48.0 Å². The third-order valence-corrected chi connectivity index (χ3v) is 11.8. The number of nitrogens with zero attached hydrogens (tertiary/aromatic N) is 2. The van der Waals surface area contributed by atoms with Crippen LogP contribution < -0.4 is 4.90 Å². The second-order valence-corrected chi connectivity index (χ2v) is 14.9. The molecule has 0 bridgehead atoms. The quantitative estimate of drug-likeness (QED) is 0.174. The molecule has 0 aliphatic heterocycles. The van der Waals surface area contributed by atoms with Crippen molar-refractivity contribution in [3.05, 3.63) is 194 Å². The zero-order chi connectivity index (χ0) is 34.9. The van der Waals surface area contributed by atoms with Crippen LogP contribution in [0, 0.1) is 0 Å². The molecule has 0 unspecified atom stereocenters. The molecule has 3 heteroatoms. The standard InChI is InChI=1S/C50H32N2S/c1-3-12-33(13-4-1)37-23-22-34-24-25-40(29-38(34)28-37)51(46-20-11-21-48-50(46)44-30-35-14-7-8-15-36(35)31-49(44)53-48)41-26-27-43-42-18-9-10-19-45(42)52(47(43)32-41)39-16-5-2-6-17-39/h1-32H. The van der Waals surface area contributed by atoms with Gasteiger partial charge in [0.25, 0.3) is 0 Å². The Hall–Kier alpha value is -6.68. The molecule has 0 saturated heterocycles. The Labute approximate surface area is 311 Å². The molecule has 248 valence electrons. The summed E-state index contributed by atoms with van der Waals surface area (Å²) in [4.78, 5) is 2.48. The summed E-state index contributed by atoms with van der Waals surface area (Å²) in [5, 5.41) is 10.0. The van der Waals surface area contributed by atoms with Gasteiger partial charge < -0.3 is 9.47 Å². The number of aromatic nitrogens is 1. The number of para-hydroxylation sites is 2. The average Bonchev–Trinajstić information content (AvgIpc) is 3.75. The molecule has 0 aliphatic rings. The fraction of sp³-hybridized carbons (Fsp3) is 0. The van der Waals surface area contributed by atoms with Crippen molar-refractivity contribution >= 4 is 91.9 Å². The molecular formula is C50H32N2S. The molecule has 2 nitrogen and oxygen atoms in total. The van der Waals surface area contributed by atoms with Gasteiger partial charge in [-0.05, 0) is 105 Å². The van der Waals surface area contributed by atoms with E-state index in [1.807, 2.05) is 11.3 Å². The van der Waals surface area contributed by atoms with Gasteiger partial charge in [-0.15, -0.1) is 11.3 Å². The van der Waals surface area contributed by atoms with E-state index in [0.29, 0.717) is 0 Å². The van der Waals surface area contributed by atoms with E-state index in [2.05, 4.69) is 204 Å². The van der Waals surface area contributed by atoms with Crippen LogP contribution in [0.2, 0.25) is 0 Å². The minimum absolute atomic E-state index is 1.11. The van der Waals surface area contributed by atoms with Crippen molar-refractivity contribution in [2.75, 3.05) is 4.90 Å². The van der Waals surface area contributed by atoms with Crippen LogP contribution in [0.5, 0.6) is 0 Å². The highest BCUT2D eigenvalue weighted by molar-refractivity contribution is 7.26. The first-order chi connectivity index (χ1) is 26.3. The highest BCUT2D eigenvalue weighted by Crippen LogP contribution is 2.47. The van der Waals surface area contributed by atoms with E-state index < -0.39 is 0 Å². The van der Waals surface area contributed by atoms with E-state index in [9.17, 15) is 0 Å². The van der Waals surface area contributed by atoms with Gasteiger partial charge in [-0.25, -0.2) is 0 Å². The van der Waals surface area contributed by atoms with Crippen molar-refractivity contribution in [2.24, 2.45) is 0 Å². The minimum atomic E-state index is 1.11. The van der Waals surface area contributed by atoms with E-state index in [0.717, 1.165) is 17.1 Å². The predicted molar refractivity (Wildman–Crippen MR) is 229 cm³/mol. The van der Waals surface area contributed by atoms with E-state index in [1.165, 1.54) is 80.3 Å². The van der Waals surface area contributed by atoms with Gasteiger partial charge in [0.2, 0.25) is 0 Å². The van der Waals surface area contributed by atoms with Crippen molar-refractivity contribution in [3.63, 3.8) is 0 Å². The smallest absolute Gasteiger partial charge is 0.0561 e. The monoisotopic (exact) mass is 692 g/mol. The molecule has 0 spiro atoms. The summed E-state index contributed by atoms with van der Waals surface area (Å²) in [5.74, 6) is 0. The lowest BCUT2D eigenvalue weighted by Crippen LogP contribution is -2.10. The number of hydrogen-bond acceptors (Lipinski definition) is 2. The number of anilines is 3. The van der Waals surface area contributed by atoms with Crippen LogP contribution in [0.25, 0.3) is 80.3 Å². The summed E-state index contributed by atoms with van der Waals surface area (Å²) in [6.07, 6.45) is 0. The van der Waals surface area contributed by atoms with Gasteiger partial charge in [0.05, 0.1) is 16.7 Å². The molecule has 0 fully saturated rings. The maximum Gasteiger partial charge on any atom is 0.0561 e. The Balaban J connectivity index is 1.20. The van der Waals surface area contributed by atoms with E-state index in [-0.39, 0.29) is 0 Å². The molecule has 11 aromatic rings. The zero-order valence-electron chi connectivity index (χ0n) is 28.8. The second-order valence-electron chi connectivity index (χ2n) is 13.8. The first-order valence-corrected chi connectivity index (χ1v) is 18.9. The summed E-state index contributed by atoms with van der Waals surface area (Å²) in [5.41, 5.74) is 9.38. The van der Waals surface area contributed by atoms with Crippen LogP contribution in [0.15, 0.2) is 194 Å². The molecule has 0 N–H and O–H groups in total. The normalized spacial score (nSPS) is 11.8. The molecule has 9 aromatic carbocycles. The maximum absolute atomic E-state index is 2.48. The van der Waals surface area contributed by atoms with Gasteiger partial charge in [-0.3, -0.25) is 0 Å². The Bertz CT molecular complexity index is 3170. The lowest BCUT2D eigenvalue weighted by Gasteiger charge is -2.27. The van der Waals surface area contributed by atoms with Gasteiger partial charge in [0.1, 0.15) is 0 Å². The van der Waals surface area contributed by atoms with Crippen LogP contribution in [0.4, 0.5) is 17.1 Å². The third-order valence-electron chi connectivity index (χ3n) is 10.7. The topological polar surface area (TPSA) is 8.17 Å². The molecule has 11 rings (SSSR count). The first kappa shape index (κ1) is 30.0. The minimum Gasteiger partial charge on any atom is -0.310 e. The molecule has 2 aromatic heterocycles. The predicted octanol–water partition coefficient (Wildman–Crippen LogP) is 14.6. The van der Waals surface area contributed by atoms with E-state index in [4.69, 9.17) is 0 Å². The Kier molecular flexibility index (Phi) is 6.76. The van der Waals surface area contributed by atoms with Crippen LogP contribution in [-0.2, 0) is 0 Å². The van der Waals surface area contributed by atoms with Crippen molar-refractivity contribution in [2.45, 2.75) is 0 Å². The van der Waals surface area contributed by atoms with Gasteiger partial charge in [0.15, 0.2) is 0 Å². The highest BCUT2D eigenvalue weighted by Gasteiger charge is 2.21. The molecule has 0 saturated carbocycles. The Morgan fingerprint density at radius 1 is 0.377 bits per heavy atom. The van der Waals surface area contributed by atoms with Crippen molar-refractivity contribution in [1.29, 1.82) is 0 Å². The first-order valence-electron chi connectivity index (χ1n) is 18.1. The third kappa shape index (κ3) is 4.86. The molecule has 0 aliphatic carbocycles. The molecule has 0 atom stereocenters. The van der Waals surface area contributed by atoms with Crippen molar-refractivity contribution in [1.82, 2.24) is 4.57 Å². The summed E-state index contributed by atoms with van der Waals surface area (Å²) in [6.45, 7) is 0. The number of thiophene rings is 1. The maximum atomic E-state index is 2.48. The molecule has 0 amide bonds. The average molecular weight is 693 g/mol. The van der Waals surface area contributed by atoms with Crippen LogP contribution >= 0.6 is 11.3 Å². The van der Waals surface area contributed by atoms with Gasteiger partial charge >= 0.3 is 0 Å². The Morgan fingerprint density at radius 3 is 1.94 bits per heavy atom. The number of benzene rings is 9. The summed E-state index contributed by atoms with van der Waals surface area (Å²) < 4.78 is 4.99. The van der Waals surface area contributed by atoms with Crippen molar-refractivity contribution < 1.29 is 0 Å². The van der Waals surface area contributed by atoms with Gasteiger partial charge in [-0.2, -0.15) is 0 Å². The number of hydrogen-bond donors (Lipinski definition) is 0. The number of fused-ring (bicyclic) bond motifs is 8. The molecule has 53 heavy (non-hydrogen) atoms.